The second-order valence-electron chi connectivity index (χ2n) is 5.82. The lowest BCUT2D eigenvalue weighted by Gasteiger charge is -2.09. The van der Waals surface area contributed by atoms with Crippen molar-refractivity contribution in [1.82, 2.24) is 0 Å². The van der Waals surface area contributed by atoms with Crippen molar-refractivity contribution < 1.29 is 23.9 Å². The van der Waals surface area contributed by atoms with E-state index < -0.39 is 24.5 Å². The van der Waals surface area contributed by atoms with Gasteiger partial charge < -0.3 is 14.8 Å². The van der Waals surface area contributed by atoms with Gasteiger partial charge in [0.2, 0.25) is 0 Å². The maximum absolute atomic E-state index is 12.3. The molecule has 142 valence electrons. The van der Waals surface area contributed by atoms with Crippen molar-refractivity contribution in [2.45, 2.75) is 34.1 Å². The van der Waals surface area contributed by atoms with E-state index in [1.165, 1.54) is 23.5 Å². The highest BCUT2D eigenvalue weighted by Gasteiger charge is 2.22. The quantitative estimate of drug-likeness (QED) is 0.402. The predicted octanol–water partition coefficient (Wildman–Crippen LogP) is 3.74. The van der Waals surface area contributed by atoms with Crippen LogP contribution in [0.25, 0.3) is 0 Å². The molecule has 0 saturated carbocycles. The Hall–Kier alpha value is -2.41. The smallest absolute Gasteiger partial charge is 0.341 e. The van der Waals surface area contributed by atoms with Gasteiger partial charge in [0.25, 0.3) is 5.91 Å². The summed E-state index contributed by atoms with van der Waals surface area (Å²) in [7, 11) is 0. The number of esters is 2. The van der Waals surface area contributed by atoms with Crippen molar-refractivity contribution in [3.63, 3.8) is 0 Å². The number of rotatable bonds is 9. The fraction of sp³-hybridized carbons (Fsp3) is 0.421. The molecule has 0 fully saturated rings. The van der Waals surface area contributed by atoms with E-state index in [1.807, 2.05) is 26.2 Å². The van der Waals surface area contributed by atoms with Crippen LogP contribution in [-0.2, 0) is 25.5 Å². The summed E-state index contributed by atoms with van der Waals surface area (Å²) in [4.78, 5) is 35.8. The third-order valence-electron chi connectivity index (χ3n) is 3.11. The number of thiophene rings is 1. The molecular formula is C19H25NO5S. The maximum atomic E-state index is 12.3. The number of amides is 1. The summed E-state index contributed by atoms with van der Waals surface area (Å²) < 4.78 is 9.96. The highest BCUT2D eigenvalue weighted by Crippen LogP contribution is 2.30. The largest absolute Gasteiger partial charge is 0.462 e. The molecule has 26 heavy (non-hydrogen) atoms. The van der Waals surface area contributed by atoms with Crippen LogP contribution < -0.4 is 5.32 Å². The Morgan fingerprint density at radius 2 is 1.96 bits per heavy atom. The molecule has 1 N–H and O–H groups in total. The Bertz CT molecular complexity index is 688. The molecule has 1 heterocycles. The average Bonchev–Trinajstić information content (AvgIpc) is 2.95. The molecule has 1 aromatic heterocycles. The minimum atomic E-state index is -0.615. The molecule has 0 bridgehead atoms. The van der Waals surface area contributed by atoms with Crippen LogP contribution in [0.4, 0.5) is 5.00 Å². The van der Waals surface area contributed by atoms with E-state index >= 15 is 0 Å². The standard InChI is InChI=1S/C19H25NO5S/c1-5-7-8-9-16(22)25-11-15(21)20-18-17(19(23)24-6-2)14(12-26-18)10-13(3)4/h5,7-9,12-13H,6,10-11H2,1-4H3,(H,20,21)/b7-5+,9-8+. The van der Waals surface area contributed by atoms with Gasteiger partial charge in [0, 0.05) is 6.08 Å². The van der Waals surface area contributed by atoms with Gasteiger partial charge in [0.05, 0.1) is 12.2 Å². The summed E-state index contributed by atoms with van der Waals surface area (Å²) >= 11 is 1.26. The van der Waals surface area contributed by atoms with E-state index in [0.29, 0.717) is 22.9 Å². The molecule has 0 aliphatic carbocycles. The Kier molecular flexibility index (Phi) is 9.36. The second kappa shape index (κ2) is 11.3. The van der Waals surface area contributed by atoms with Gasteiger partial charge in [-0.25, -0.2) is 9.59 Å². The van der Waals surface area contributed by atoms with Crippen LogP contribution in [-0.4, -0.2) is 31.1 Å². The van der Waals surface area contributed by atoms with E-state index in [1.54, 1.807) is 19.1 Å². The number of ether oxygens (including phenoxy) is 2. The Morgan fingerprint density at radius 1 is 1.23 bits per heavy atom. The van der Waals surface area contributed by atoms with Gasteiger partial charge in [-0.3, -0.25) is 4.79 Å². The molecule has 0 atom stereocenters. The van der Waals surface area contributed by atoms with Crippen LogP contribution in [0.3, 0.4) is 0 Å². The maximum Gasteiger partial charge on any atom is 0.341 e. The zero-order valence-electron chi connectivity index (χ0n) is 15.5. The van der Waals surface area contributed by atoms with Crippen molar-refractivity contribution in [2.75, 3.05) is 18.5 Å². The number of hydrogen-bond donors (Lipinski definition) is 1. The van der Waals surface area contributed by atoms with Gasteiger partial charge in [-0.1, -0.05) is 32.1 Å². The SMILES string of the molecule is C/C=C/C=C/C(=O)OCC(=O)Nc1scc(CC(C)C)c1C(=O)OCC. The molecule has 6 nitrogen and oxygen atoms in total. The van der Waals surface area contributed by atoms with E-state index in [2.05, 4.69) is 5.32 Å². The summed E-state index contributed by atoms with van der Waals surface area (Å²) in [5.41, 5.74) is 1.21. The van der Waals surface area contributed by atoms with E-state index in [4.69, 9.17) is 9.47 Å². The number of allylic oxidation sites excluding steroid dienone is 3. The van der Waals surface area contributed by atoms with Crippen LogP contribution in [0.2, 0.25) is 0 Å². The molecule has 0 saturated heterocycles. The first-order chi connectivity index (χ1) is 12.4. The molecular weight excluding hydrogens is 354 g/mol. The summed E-state index contributed by atoms with van der Waals surface area (Å²) in [5.74, 6) is -1.24. The zero-order valence-corrected chi connectivity index (χ0v) is 16.4. The molecule has 0 spiro atoms. The van der Waals surface area contributed by atoms with Gasteiger partial charge in [-0.15, -0.1) is 11.3 Å². The van der Waals surface area contributed by atoms with Crippen molar-refractivity contribution in [2.24, 2.45) is 5.92 Å². The van der Waals surface area contributed by atoms with Gasteiger partial charge in [0.1, 0.15) is 5.00 Å². The highest BCUT2D eigenvalue weighted by molar-refractivity contribution is 7.15. The van der Waals surface area contributed by atoms with Crippen LogP contribution >= 0.6 is 11.3 Å². The van der Waals surface area contributed by atoms with Crippen LogP contribution in [0.5, 0.6) is 0 Å². The minimum Gasteiger partial charge on any atom is -0.462 e. The Labute approximate surface area is 157 Å². The van der Waals surface area contributed by atoms with Crippen LogP contribution in [0.1, 0.15) is 43.6 Å². The minimum absolute atomic E-state index is 0.249. The first-order valence-electron chi connectivity index (χ1n) is 8.42. The van der Waals surface area contributed by atoms with E-state index in [9.17, 15) is 14.4 Å². The summed E-state index contributed by atoms with van der Waals surface area (Å²) in [6.07, 6.45) is 6.89. The fourth-order valence-electron chi connectivity index (χ4n) is 2.10. The van der Waals surface area contributed by atoms with E-state index in [-0.39, 0.29) is 6.61 Å². The molecule has 0 radical (unpaired) electrons. The number of nitrogens with one attached hydrogen (secondary N) is 1. The number of carbonyl (C=O) groups excluding carboxylic acids is 3. The molecule has 0 aliphatic rings. The zero-order chi connectivity index (χ0) is 19.5. The monoisotopic (exact) mass is 379 g/mol. The van der Waals surface area contributed by atoms with Crippen molar-refractivity contribution in [1.29, 1.82) is 0 Å². The van der Waals surface area contributed by atoms with Crippen molar-refractivity contribution in [3.05, 3.63) is 40.8 Å². The molecule has 0 unspecified atom stereocenters. The van der Waals surface area contributed by atoms with Crippen LogP contribution in [0, 0.1) is 5.92 Å². The van der Waals surface area contributed by atoms with Crippen molar-refractivity contribution >= 4 is 34.2 Å². The van der Waals surface area contributed by atoms with Crippen LogP contribution in [0.15, 0.2) is 29.7 Å². The molecule has 7 heteroatoms. The first kappa shape index (κ1) is 21.6. The highest BCUT2D eigenvalue weighted by atomic mass is 32.1. The van der Waals surface area contributed by atoms with E-state index in [0.717, 1.165) is 5.56 Å². The van der Waals surface area contributed by atoms with Gasteiger partial charge >= 0.3 is 11.9 Å². The normalized spacial score (nSPS) is 11.3. The number of hydrogen-bond acceptors (Lipinski definition) is 6. The fourth-order valence-corrected chi connectivity index (χ4v) is 3.07. The molecule has 1 amide bonds. The predicted molar refractivity (Wildman–Crippen MR) is 102 cm³/mol. The Morgan fingerprint density at radius 3 is 2.58 bits per heavy atom. The van der Waals surface area contributed by atoms with Gasteiger partial charge in [-0.2, -0.15) is 0 Å². The average molecular weight is 379 g/mol. The third kappa shape index (κ3) is 7.23. The van der Waals surface area contributed by atoms with Crippen molar-refractivity contribution in [3.8, 4) is 0 Å². The second-order valence-corrected chi connectivity index (χ2v) is 6.70. The topological polar surface area (TPSA) is 81.7 Å². The first-order valence-corrected chi connectivity index (χ1v) is 9.30. The molecule has 0 aromatic carbocycles. The number of carbonyl (C=O) groups is 3. The third-order valence-corrected chi connectivity index (χ3v) is 4.05. The van der Waals surface area contributed by atoms with Gasteiger partial charge in [-0.05, 0) is 37.1 Å². The molecule has 0 aliphatic heterocycles. The number of anilines is 1. The lowest BCUT2D eigenvalue weighted by molar-refractivity contribution is -0.142. The summed E-state index contributed by atoms with van der Waals surface area (Å²) in [6.45, 7) is 7.46. The Balaban J connectivity index is 2.78. The lowest BCUT2D eigenvalue weighted by atomic mass is 10.0. The summed E-state index contributed by atoms with van der Waals surface area (Å²) in [6, 6.07) is 0. The van der Waals surface area contributed by atoms with Gasteiger partial charge in [0.15, 0.2) is 6.61 Å². The molecule has 1 aromatic rings. The lowest BCUT2D eigenvalue weighted by Crippen LogP contribution is -2.21. The molecule has 1 rings (SSSR count). The summed E-state index contributed by atoms with van der Waals surface area (Å²) in [5, 5.41) is 4.88.